The topological polar surface area (TPSA) is 136 Å². The second-order valence-electron chi connectivity index (χ2n) is 3.94. The van der Waals surface area contributed by atoms with Crippen molar-refractivity contribution < 1.29 is 27.9 Å². The SMILES string of the molecule is NS(=O)(=O)Cc1ccc(NC(=O)COCC(=O)O)cc1. The maximum Gasteiger partial charge on any atom is 0.329 e. The van der Waals surface area contributed by atoms with Crippen molar-refractivity contribution in [1.29, 1.82) is 0 Å². The number of aliphatic carboxylic acids is 1. The number of nitrogens with one attached hydrogen (secondary N) is 1. The van der Waals surface area contributed by atoms with E-state index >= 15 is 0 Å². The molecule has 9 heteroatoms. The standard InChI is InChI=1S/C11H14N2O6S/c12-20(17,18)7-8-1-3-9(4-2-8)13-10(14)5-19-6-11(15)16/h1-4H,5-7H2,(H,13,14)(H,15,16)(H2,12,17,18). The van der Waals surface area contributed by atoms with Crippen LogP contribution in [0.5, 0.6) is 0 Å². The second kappa shape index (κ2) is 6.98. The van der Waals surface area contributed by atoms with Crippen molar-refractivity contribution in [2.75, 3.05) is 18.5 Å². The van der Waals surface area contributed by atoms with Crippen molar-refractivity contribution in [3.05, 3.63) is 29.8 Å². The van der Waals surface area contributed by atoms with Crippen LogP contribution in [0.4, 0.5) is 5.69 Å². The molecule has 0 atom stereocenters. The molecule has 0 aromatic heterocycles. The number of sulfonamides is 1. The molecule has 0 aliphatic rings. The van der Waals surface area contributed by atoms with E-state index in [1.165, 1.54) is 24.3 Å². The molecule has 1 amide bonds. The zero-order valence-corrected chi connectivity index (χ0v) is 11.2. The molecule has 0 bridgehead atoms. The maximum absolute atomic E-state index is 11.4. The van der Waals surface area contributed by atoms with Crippen molar-refractivity contribution in [3.8, 4) is 0 Å². The summed E-state index contributed by atoms with van der Waals surface area (Å²) in [4.78, 5) is 21.5. The molecule has 0 saturated heterocycles. The van der Waals surface area contributed by atoms with E-state index in [0.717, 1.165) is 0 Å². The number of nitrogens with two attached hydrogens (primary N) is 1. The van der Waals surface area contributed by atoms with E-state index in [0.29, 0.717) is 11.3 Å². The first-order valence-corrected chi connectivity index (χ1v) is 7.16. The third kappa shape index (κ3) is 6.83. The Labute approximate surface area is 115 Å². The van der Waals surface area contributed by atoms with Crippen LogP contribution < -0.4 is 10.5 Å². The average molecular weight is 302 g/mol. The average Bonchev–Trinajstić information content (AvgIpc) is 2.29. The summed E-state index contributed by atoms with van der Waals surface area (Å²) in [6.07, 6.45) is 0. The molecule has 0 heterocycles. The van der Waals surface area contributed by atoms with E-state index in [2.05, 4.69) is 10.1 Å². The van der Waals surface area contributed by atoms with Crippen molar-refractivity contribution in [2.45, 2.75) is 5.75 Å². The van der Waals surface area contributed by atoms with Crippen LogP contribution in [0, 0.1) is 0 Å². The lowest BCUT2D eigenvalue weighted by Crippen LogP contribution is -2.20. The Morgan fingerprint density at radius 1 is 1.20 bits per heavy atom. The summed E-state index contributed by atoms with van der Waals surface area (Å²) in [5, 5.41) is 15.7. The van der Waals surface area contributed by atoms with Crippen LogP contribution in [0.2, 0.25) is 0 Å². The van der Waals surface area contributed by atoms with Crippen LogP contribution in [0.25, 0.3) is 0 Å². The molecule has 8 nitrogen and oxygen atoms in total. The van der Waals surface area contributed by atoms with Crippen molar-refractivity contribution in [3.63, 3.8) is 0 Å². The number of carbonyl (C=O) groups is 2. The summed E-state index contributed by atoms with van der Waals surface area (Å²) < 4.78 is 26.4. The van der Waals surface area contributed by atoms with E-state index < -0.39 is 28.5 Å². The summed E-state index contributed by atoms with van der Waals surface area (Å²) in [5.74, 6) is -1.96. The fourth-order valence-corrected chi connectivity index (χ4v) is 2.00. The first-order chi connectivity index (χ1) is 9.26. The summed E-state index contributed by atoms with van der Waals surface area (Å²) in [6.45, 7) is -0.939. The number of anilines is 1. The van der Waals surface area contributed by atoms with Gasteiger partial charge in [-0.15, -0.1) is 0 Å². The smallest absolute Gasteiger partial charge is 0.329 e. The summed E-state index contributed by atoms with van der Waals surface area (Å²) in [7, 11) is -3.60. The van der Waals surface area contributed by atoms with E-state index in [4.69, 9.17) is 10.2 Å². The summed E-state index contributed by atoms with van der Waals surface area (Å²) in [5.41, 5.74) is 0.930. The number of ether oxygens (including phenoxy) is 1. The van der Waals surface area contributed by atoms with Gasteiger partial charge in [0.05, 0.1) is 5.75 Å². The first-order valence-electron chi connectivity index (χ1n) is 5.45. The summed E-state index contributed by atoms with van der Waals surface area (Å²) in [6, 6.07) is 6.04. The Morgan fingerprint density at radius 2 is 1.80 bits per heavy atom. The largest absolute Gasteiger partial charge is 0.480 e. The van der Waals surface area contributed by atoms with Crippen LogP contribution in [0.15, 0.2) is 24.3 Å². The first kappa shape index (κ1) is 16.1. The fraction of sp³-hybridized carbons (Fsp3) is 0.273. The molecule has 0 spiro atoms. The molecule has 0 unspecified atom stereocenters. The predicted octanol–water partition coefficient (Wildman–Crippen LogP) is -0.485. The highest BCUT2D eigenvalue weighted by Crippen LogP contribution is 2.11. The molecule has 1 aromatic rings. The monoisotopic (exact) mass is 302 g/mol. The van der Waals surface area contributed by atoms with E-state index in [1.54, 1.807) is 0 Å². The van der Waals surface area contributed by atoms with Crippen LogP contribution >= 0.6 is 0 Å². The lowest BCUT2D eigenvalue weighted by Gasteiger charge is -2.06. The molecule has 0 aliphatic heterocycles. The number of carbonyl (C=O) groups excluding carboxylic acids is 1. The van der Waals surface area contributed by atoms with Crippen LogP contribution in [-0.2, 0) is 30.1 Å². The molecule has 0 radical (unpaired) electrons. The highest BCUT2D eigenvalue weighted by atomic mass is 32.2. The van der Waals surface area contributed by atoms with E-state index in [9.17, 15) is 18.0 Å². The zero-order chi connectivity index (χ0) is 15.2. The zero-order valence-electron chi connectivity index (χ0n) is 10.4. The molecule has 4 N–H and O–H groups in total. The van der Waals surface area contributed by atoms with Crippen LogP contribution in [0.3, 0.4) is 0 Å². The number of amides is 1. The highest BCUT2D eigenvalue weighted by molar-refractivity contribution is 7.88. The predicted molar refractivity (Wildman–Crippen MR) is 70.3 cm³/mol. The lowest BCUT2D eigenvalue weighted by molar-refractivity contribution is -0.143. The van der Waals surface area contributed by atoms with Crippen LogP contribution in [0.1, 0.15) is 5.56 Å². The van der Waals surface area contributed by atoms with Gasteiger partial charge in [0.15, 0.2) is 0 Å². The Hall–Kier alpha value is -1.97. The molecule has 20 heavy (non-hydrogen) atoms. The molecular weight excluding hydrogens is 288 g/mol. The van der Waals surface area contributed by atoms with Gasteiger partial charge < -0.3 is 15.2 Å². The van der Waals surface area contributed by atoms with Gasteiger partial charge in [-0.3, -0.25) is 4.79 Å². The molecule has 1 aromatic carbocycles. The molecule has 110 valence electrons. The van der Waals surface area contributed by atoms with Gasteiger partial charge >= 0.3 is 5.97 Å². The number of carboxylic acid groups (broad SMARTS) is 1. The third-order valence-corrected chi connectivity index (χ3v) is 2.80. The minimum atomic E-state index is -3.60. The Balaban J connectivity index is 2.49. The van der Waals surface area contributed by atoms with Gasteiger partial charge in [-0.2, -0.15) is 0 Å². The minimum absolute atomic E-state index is 0.289. The molecule has 0 fully saturated rings. The molecular formula is C11H14N2O6S. The van der Waals surface area contributed by atoms with E-state index in [-0.39, 0.29) is 12.4 Å². The second-order valence-corrected chi connectivity index (χ2v) is 5.55. The number of benzene rings is 1. The van der Waals surface area contributed by atoms with Gasteiger partial charge in [0.2, 0.25) is 15.9 Å². The quantitative estimate of drug-likeness (QED) is 0.622. The summed E-state index contributed by atoms with van der Waals surface area (Å²) >= 11 is 0. The van der Waals surface area contributed by atoms with E-state index in [1.807, 2.05) is 0 Å². The Morgan fingerprint density at radius 3 is 2.30 bits per heavy atom. The maximum atomic E-state index is 11.4. The van der Waals surface area contributed by atoms with Gasteiger partial charge in [0, 0.05) is 5.69 Å². The lowest BCUT2D eigenvalue weighted by atomic mass is 10.2. The van der Waals surface area contributed by atoms with Gasteiger partial charge in [-0.25, -0.2) is 18.4 Å². The number of hydrogen-bond acceptors (Lipinski definition) is 5. The van der Waals surface area contributed by atoms with Crippen LogP contribution in [-0.4, -0.2) is 38.6 Å². The van der Waals surface area contributed by atoms with Crippen molar-refractivity contribution in [2.24, 2.45) is 5.14 Å². The Kier molecular flexibility index (Phi) is 5.62. The minimum Gasteiger partial charge on any atom is -0.480 e. The molecule has 1 rings (SSSR count). The van der Waals surface area contributed by atoms with Crippen molar-refractivity contribution in [1.82, 2.24) is 0 Å². The highest BCUT2D eigenvalue weighted by Gasteiger charge is 2.07. The fourth-order valence-electron chi connectivity index (χ4n) is 1.34. The normalized spacial score (nSPS) is 11.1. The van der Waals surface area contributed by atoms with Crippen molar-refractivity contribution >= 4 is 27.6 Å². The molecule has 0 saturated carbocycles. The van der Waals surface area contributed by atoms with Gasteiger partial charge in [0.1, 0.15) is 13.2 Å². The van der Waals surface area contributed by atoms with Gasteiger partial charge in [-0.1, -0.05) is 12.1 Å². The van der Waals surface area contributed by atoms with Gasteiger partial charge in [-0.05, 0) is 17.7 Å². The number of rotatable bonds is 7. The molecule has 0 aliphatic carbocycles. The van der Waals surface area contributed by atoms with Gasteiger partial charge in [0.25, 0.3) is 0 Å². The number of carboxylic acids is 1. The number of hydrogen-bond donors (Lipinski definition) is 3. The number of primary sulfonamides is 1. The Bertz CT molecular complexity index is 581. The third-order valence-electron chi connectivity index (χ3n) is 2.06.